The number of carboxylic acids is 2. The smallest absolute Gasteiger partial charge is 0.475 e. The SMILES string of the molecule is CN1CCC[C@H]1C(=O)N[C@@H](C(=O)NCc1cnc2[nH]ccc2c1)C(C1CCCCC1)C1CCCCC1.O=C(O)C(F)(F)F.O=C(O)C(F)(F)F. The Kier molecular flexibility index (Phi) is 14.9. The summed E-state index contributed by atoms with van der Waals surface area (Å²) in [4.78, 5) is 54.9. The third-order valence-corrected chi connectivity index (χ3v) is 9.59. The zero-order valence-corrected chi connectivity index (χ0v) is 27.8. The van der Waals surface area contributed by atoms with E-state index in [2.05, 4.69) is 31.6 Å². The number of likely N-dealkylation sites (tertiary alicyclic amines) is 1. The predicted molar refractivity (Wildman–Crippen MR) is 170 cm³/mol. The minimum absolute atomic E-state index is 0.0284. The van der Waals surface area contributed by atoms with Crippen LogP contribution in [-0.2, 0) is 25.7 Å². The maximum absolute atomic E-state index is 13.9. The molecule has 1 aliphatic heterocycles. The fourth-order valence-corrected chi connectivity index (χ4v) is 7.18. The molecule has 0 aromatic carbocycles. The van der Waals surface area contributed by atoms with Gasteiger partial charge < -0.3 is 25.8 Å². The van der Waals surface area contributed by atoms with E-state index in [9.17, 15) is 35.9 Å². The molecule has 5 N–H and O–H groups in total. The van der Waals surface area contributed by atoms with E-state index in [0.29, 0.717) is 18.4 Å². The van der Waals surface area contributed by atoms with Gasteiger partial charge in [-0.3, -0.25) is 14.5 Å². The maximum Gasteiger partial charge on any atom is 0.490 e. The van der Waals surface area contributed by atoms with Crippen LogP contribution in [0.15, 0.2) is 24.5 Å². The largest absolute Gasteiger partial charge is 0.490 e. The van der Waals surface area contributed by atoms with Gasteiger partial charge in [-0.05, 0) is 61.9 Å². The van der Waals surface area contributed by atoms with Gasteiger partial charge in [0.15, 0.2) is 0 Å². The lowest BCUT2D eigenvalue weighted by atomic mass is 9.66. The van der Waals surface area contributed by atoms with Gasteiger partial charge in [0.05, 0.1) is 6.04 Å². The zero-order valence-electron chi connectivity index (χ0n) is 27.8. The van der Waals surface area contributed by atoms with Gasteiger partial charge in [-0.1, -0.05) is 64.2 Å². The molecule has 0 bridgehead atoms. The zero-order chi connectivity index (χ0) is 37.1. The summed E-state index contributed by atoms with van der Waals surface area (Å²) in [7, 11) is 2.02. The van der Waals surface area contributed by atoms with Crippen LogP contribution in [-0.4, -0.2) is 86.9 Å². The van der Waals surface area contributed by atoms with Crippen LogP contribution in [0.2, 0.25) is 0 Å². The van der Waals surface area contributed by atoms with Crippen molar-refractivity contribution >= 4 is 34.8 Å². The normalized spacial score (nSPS) is 19.9. The van der Waals surface area contributed by atoms with Crippen molar-refractivity contribution in [2.75, 3.05) is 13.6 Å². The molecule has 3 fully saturated rings. The number of carboxylic acid groups (broad SMARTS) is 2. The molecule has 2 aromatic rings. The summed E-state index contributed by atoms with van der Waals surface area (Å²) in [6.07, 6.45) is 7.70. The fourth-order valence-electron chi connectivity index (χ4n) is 7.18. The van der Waals surface area contributed by atoms with Gasteiger partial charge in [0, 0.05) is 24.3 Å². The first-order valence-corrected chi connectivity index (χ1v) is 16.8. The summed E-state index contributed by atoms with van der Waals surface area (Å²) >= 11 is 0. The van der Waals surface area contributed by atoms with E-state index in [1.807, 2.05) is 25.5 Å². The predicted octanol–water partition coefficient (Wildman–Crippen LogP) is 5.80. The number of carbonyl (C=O) groups excluding carboxylic acids is 2. The van der Waals surface area contributed by atoms with Crippen molar-refractivity contribution in [1.29, 1.82) is 0 Å². The van der Waals surface area contributed by atoms with Gasteiger partial charge >= 0.3 is 24.3 Å². The lowest BCUT2D eigenvalue weighted by molar-refractivity contribution is -0.193. The number of aromatic amines is 1. The number of halogens is 6. The van der Waals surface area contributed by atoms with Crippen molar-refractivity contribution in [3.63, 3.8) is 0 Å². The Morgan fingerprint density at radius 3 is 1.86 bits per heavy atom. The second-order valence-corrected chi connectivity index (χ2v) is 13.1. The summed E-state index contributed by atoms with van der Waals surface area (Å²) in [6.45, 7) is 1.36. The maximum atomic E-state index is 13.9. The van der Waals surface area contributed by atoms with E-state index in [4.69, 9.17) is 19.8 Å². The van der Waals surface area contributed by atoms with Crippen molar-refractivity contribution in [3.8, 4) is 0 Å². The van der Waals surface area contributed by atoms with Crippen molar-refractivity contribution in [2.45, 2.75) is 108 Å². The molecule has 280 valence electrons. The third-order valence-electron chi connectivity index (χ3n) is 9.59. The van der Waals surface area contributed by atoms with Crippen LogP contribution in [0.25, 0.3) is 11.0 Å². The van der Waals surface area contributed by atoms with Crippen molar-refractivity contribution in [1.82, 2.24) is 25.5 Å². The molecule has 2 atom stereocenters. The Labute approximate surface area is 285 Å². The Bertz CT molecular complexity index is 1380. The molecule has 2 aromatic heterocycles. The van der Waals surface area contributed by atoms with Crippen molar-refractivity contribution < 1.29 is 55.7 Å². The van der Waals surface area contributed by atoms with Gasteiger partial charge in [-0.15, -0.1) is 0 Å². The molecule has 3 heterocycles. The molecule has 1 saturated heterocycles. The van der Waals surface area contributed by atoms with Crippen molar-refractivity contribution in [2.24, 2.45) is 17.8 Å². The number of pyridine rings is 1. The Balaban J connectivity index is 0.000000408. The molecule has 0 unspecified atom stereocenters. The van der Waals surface area contributed by atoms with E-state index >= 15 is 0 Å². The number of nitrogens with one attached hydrogen (secondary N) is 3. The summed E-state index contributed by atoms with van der Waals surface area (Å²) in [5.74, 6) is -4.28. The Hall–Kier alpha value is -3.89. The average Bonchev–Trinajstić information content (AvgIpc) is 3.72. The second kappa shape index (κ2) is 18.4. The third kappa shape index (κ3) is 12.2. The number of likely N-dealkylation sites (N-methyl/N-ethyl adjacent to an activating group) is 1. The second-order valence-electron chi connectivity index (χ2n) is 13.1. The van der Waals surface area contributed by atoms with Crippen LogP contribution in [0, 0.1) is 17.8 Å². The van der Waals surface area contributed by atoms with E-state index in [0.717, 1.165) is 36.0 Å². The van der Waals surface area contributed by atoms with Crippen LogP contribution >= 0.6 is 0 Å². The summed E-state index contributed by atoms with van der Waals surface area (Å²) < 4.78 is 63.5. The number of aliphatic carboxylic acids is 2. The van der Waals surface area contributed by atoms with E-state index < -0.39 is 30.3 Å². The highest BCUT2D eigenvalue weighted by Gasteiger charge is 2.42. The van der Waals surface area contributed by atoms with Gasteiger partial charge in [-0.2, -0.15) is 26.3 Å². The fraction of sp³-hybridized carbons (Fsp3) is 0.667. The van der Waals surface area contributed by atoms with E-state index in [-0.39, 0.29) is 23.8 Å². The minimum atomic E-state index is -5.08. The lowest BCUT2D eigenvalue weighted by Crippen LogP contribution is -2.57. The number of fused-ring (bicyclic) bond motifs is 1. The number of aromatic nitrogens is 2. The first-order valence-electron chi connectivity index (χ1n) is 16.8. The van der Waals surface area contributed by atoms with Crippen LogP contribution < -0.4 is 10.6 Å². The lowest BCUT2D eigenvalue weighted by Gasteiger charge is -2.42. The van der Waals surface area contributed by atoms with Crippen molar-refractivity contribution in [3.05, 3.63) is 30.1 Å². The van der Waals surface area contributed by atoms with E-state index in [1.165, 1.54) is 64.2 Å². The quantitative estimate of drug-likeness (QED) is 0.214. The number of H-pyrrole nitrogens is 1. The molecule has 2 aliphatic carbocycles. The van der Waals surface area contributed by atoms with Gasteiger partial charge in [0.1, 0.15) is 11.7 Å². The topological polar surface area (TPSA) is 165 Å². The van der Waals surface area contributed by atoms with Crippen LogP contribution in [0.1, 0.15) is 82.6 Å². The number of nitrogens with zero attached hydrogens (tertiary/aromatic N) is 2. The molecule has 5 rings (SSSR count). The van der Waals surface area contributed by atoms with Crippen LogP contribution in [0.4, 0.5) is 26.3 Å². The Morgan fingerprint density at radius 2 is 1.40 bits per heavy atom. The minimum Gasteiger partial charge on any atom is -0.475 e. The van der Waals surface area contributed by atoms with Crippen LogP contribution in [0.3, 0.4) is 0 Å². The molecule has 11 nitrogen and oxygen atoms in total. The molecule has 3 aliphatic rings. The number of rotatable bonds is 8. The molecular formula is C33H45F6N5O6. The molecular weight excluding hydrogens is 676 g/mol. The highest BCUT2D eigenvalue weighted by molar-refractivity contribution is 5.90. The molecule has 0 spiro atoms. The highest BCUT2D eigenvalue weighted by Crippen LogP contribution is 2.42. The monoisotopic (exact) mass is 721 g/mol. The summed E-state index contributed by atoms with van der Waals surface area (Å²) in [5, 5.41) is 21.8. The number of hydrogen-bond acceptors (Lipinski definition) is 6. The summed E-state index contributed by atoms with van der Waals surface area (Å²) in [6, 6.07) is 3.47. The van der Waals surface area contributed by atoms with Gasteiger partial charge in [-0.25, -0.2) is 14.6 Å². The van der Waals surface area contributed by atoms with E-state index in [1.54, 1.807) is 0 Å². The number of hydrogen-bond donors (Lipinski definition) is 5. The van der Waals surface area contributed by atoms with Gasteiger partial charge in [0.25, 0.3) is 0 Å². The first-order chi connectivity index (χ1) is 23.5. The molecule has 2 saturated carbocycles. The first kappa shape index (κ1) is 40.5. The standard InChI is InChI=1S/C29H43N5O2.2C2HF3O2/c1-34-16-8-13-24(34)28(35)33-26(25(21-9-4-2-5-10-21)22-11-6-3-7-12-22)29(36)32-19-20-17-23-14-15-30-27(23)31-18-20;2*3-2(4,5)1(6)7/h14-15,17-18,21-22,24-26H,2-13,16,19H2,1H3,(H,30,31)(H,32,36)(H,33,35);2*(H,6,7)/t24-,26+;;/m0../s1. The highest BCUT2D eigenvalue weighted by atomic mass is 19.4. The number of amides is 2. The molecule has 2 amide bonds. The average molecular weight is 722 g/mol. The van der Waals surface area contributed by atoms with Crippen LogP contribution in [0.5, 0.6) is 0 Å². The number of alkyl halides is 6. The number of carbonyl (C=O) groups is 4. The summed E-state index contributed by atoms with van der Waals surface area (Å²) in [5.41, 5.74) is 1.83. The molecule has 0 radical (unpaired) electrons. The molecule has 17 heteroatoms. The Morgan fingerprint density at radius 1 is 0.880 bits per heavy atom. The molecule has 50 heavy (non-hydrogen) atoms. The van der Waals surface area contributed by atoms with Gasteiger partial charge in [0.2, 0.25) is 11.8 Å².